The third-order valence-electron chi connectivity index (χ3n) is 6.07. The van der Waals surface area contributed by atoms with Gasteiger partial charge >= 0.3 is 5.97 Å². The van der Waals surface area contributed by atoms with Gasteiger partial charge in [0.15, 0.2) is 0 Å². The van der Waals surface area contributed by atoms with Gasteiger partial charge in [-0.05, 0) is 58.3 Å². The van der Waals surface area contributed by atoms with E-state index in [0.29, 0.717) is 18.3 Å². The molecule has 4 aliphatic rings. The molecule has 0 aromatic rings. The Kier molecular flexibility index (Phi) is 3.22. The molecular formula is C17H26O3. The van der Waals surface area contributed by atoms with Crippen molar-refractivity contribution in [3.8, 4) is 0 Å². The first kappa shape index (κ1) is 14.1. The number of ether oxygens (including phenoxy) is 1. The van der Waals surface area contributed by atoms with Crippen molar-refractivity contribution in [2.75, 3.05) is 6.61 Å². The number of carbonyl (C=O) groups is 2. The minimum atomic E-state index is -0.391. The van der Waals surface area contributed by atoms with Crippen LogP contribution in [0.2, 0.25) is 0 Å². The van der Waals surface area contributed by atoms with E-state index in [1.165, 1.54) is 0 Å². The van der Waals surface area contributed by atoms with Crippen LogP contribution in [0.25, 0.3) is 0 Å². The van der Waals surface area contributed by atoms with Crippen molar-refractivity contribution in [2.24, 2.45) is 28.6 Å². The second kappa shape index (κ2) is 4.57. The monoisotopic (exact) mass is 278 g/mol. The van der Waals surface area contributed by atoms with Crippen molar-refractivity contribution in [3.63, 3.8) is 0 Å². The molecule has 20 heavy (non-hydrogen) atoms. The van der Waals surface area contributed by atoms with Crippen molar-refractivity contribution in [2.45, 2.75) is 59.3 Å². The summed E-state index contributed by atoms with van der Waals surface area (Å²) < 4.78 is 5.67. The van der Waals surface area contributed by atoms with Crippen LogP contribution in [-0.4, -0.2) is 18.4 Å². The van der Waals surface area contributed by atoms with Crippen molar-refractivity contribution in [1.29, 1.82) is 0 Å². The average molecular weight is 278 g/mol. The summed E-state index contributed by atoms with van der Waals surface area (Å²) in [4.78, 5) is 24.3. The average Bonchev–Trinajstić information content (AvgIpc) is 2.41. The number of ketones is 1. The van der Waals surface area contributed by atoms with Gasteiger partial charge in [0.2, 0.25) is 0 Å². The van der Waals surface area contributed by atoms with E-state index in [2.05, 4.69) is 0 Å². The highest BCUT2D eigenvalue weighted by Crippen LogP contribution is 2.58. The molecule has 0 aromatic carbocycles. The lowest BCUT2D eigenvalue weighted by molar-refractivity contribution is -0.168. The Labute approximate surface area is 121 Å². The standard InChI is InChI=1S/C17H26O3/c1-4-16(2,3)15(19)20-10-17-7-11-5-12(8-17)14(18)13(6-11)9-17/h11-13H,4-10H2,1-3H3. The Bertz CT molecular complexity index is 420. The molecule has 4 rings (SSSR count). The Morgan fingerprint density at radius 3 is 2.40 bits per heavy atom. The first-order valence-corrected chi connectivity index (χ1v) is 8.06. The normalized spacial score (nSPS) is 39.1. The van der Waals surface area contributed by atoms with Crippen LogP contribution in [0.15, 0.2) is 0 Å². The second-order valence-electron chi connectivity index (χ2n) is 8.06. The minimum absolute atomic E-state index is 0.0814. The van der Waals surface area contributed by atoms with Crippen molar-refractivity contribution in [3.05, 3.63) is 0 Å². The maximum Gasteiger partial charge on any atom is 0.311 e. The lowest BCUT2D eigenvalue weighted by Crippen LogP contribution is -2.53. The van der Waals surface area contributed by atoms with Gasteiger partial charge in [0, 0.05) is 17.3 Å². The van der Waals surface area contributed by atoms with Crippen LogP contribution in [-0.2, 0) is 14.3 Å². The van der Waals surface area contributed by atoms with Crippen LogP contribution in [0, 0.1) is 28.6 Å². The van der Waals surface area contributed by atoms with Gasteiger partial charge in [0.25, 0.3) is 0 Å². The van der Waals surface area contributed by atoms with E-state index >= 15 is 0 Å². The molecule has 0 radical (unpaired) electrons. The van der Waals surface area contributed by atoms with Gasteiger partial charge in [-0.1, -0.05) is 6.92 Å². The molecule has 2 unspecified atom stereocenters. The molecule has 3 heteroatoms. The molecule has 4 saturated carbocycles. The Morgan fingerprint density at radius 1 is 1.25 bits per heavy atom. The Morgan fingerprint density at radius 2 is 1.85 bits per heavy atom. The van der Waals surface area contributed by atoms with E-state index in [1.807, 2.05) is 20.8 Å². The summed E-state index contributed by atoms with van der Waals surface area (Å²) in [5, 5.41) is 0. The van der Waals surface area contributed by atoms with Crippen LogP contribution < -0.4 is 0 Å². The Balaban J connectivity index is 1.66. The first-order valence-electron chi connectivity index (χ1n) is 8.06. The van der Waals surface area contributed by atoms with Gasteiger partial charge in [0.05, 0.1) is 12.0 Å². The van der Waals surface area contributed by atoms with Crippen LogP contribution in [0.1, 0.15) is 59.3 Å². The quantitative estimate of drug-likeness (QED) is 0.741. The molecule has 0 amide bonds. The number of Topliss-reactive ketones (excluding diaryl/α,β-unsaturated/α-hetero) is 1. The number of hydrogen-bond donors (Lipinski definition) is 0. The van der Waals surface area contributed by atoms with E-state index in [-0.39, 0.29) is 23.2 Å². The summed E-state index contributed by atoms with van der Waals surface area (Å²) in [6, 6.07) is 0. The van der Waals surface area contributed by atoms with Gasteiger partial charge in [-0.25, -0.2) is 0 Å². The third-order valence-corrected chi connectivity index (χ3v) is 6.07. The minimum Gasteiger partial charge on any atom is -0.465 e. The van der Waals surface area contributed by atoms with E-state index in [9.17, 15) is 9.59 Å². The maximum atomic E-state index is 12.2. The molecule has 4 fully saturated rings. The van der Waals surface area contributed by atoms with Gasteiger partial charge in [-0.2, -0.15) is 0 Å². The number of esters is 1. The predicted octanol–water partition coefficient (Wildman–Crippen LogP) is 3.36. The van der Waals surface area contributed by atoms with Crippen molar-refractivity contribution >= 4 is 11.8 Å². The number of rotatable bonds is 4. The Hall–Kier alpha value is -0.860. The fraction of sp³-hybridized carbons (Fsp3) is 0.882. The summed E-state index contributed by atoms with van der Waals surface area (Å²) >= 11 is 0. The molecule has 0 aliphatic heterocycles. The van der Waals surface area contributed by atoms with E-state index in [4.69, 9.17) is 4.74 Å². The highest BCUT2D eigenvalue weighted by molar-refractivity contribution is 5.85. The summed E-state index contributed by atoms with van der Waals surface area (Å²) in [6.07, 6.45) is 6.05. The lowest BCUT2D eigenvalue weighted by atomic mass is 9.49. The third kappa shape index (κ3) is 2.19. The van der Waals surface area contributed by atoms with Crippen LogP contribution in [0.5, 0.6) is 0 Å². The lowest BCUT2D eigenvalue weighted by Gasteiger charge is -2.55. The fourth-order valence-electron chi connectivity index (χ4n) is 4.64. The van der Waals surface area contributed by atoms with Crippen LogP contribution in [0.3, 0.4) is 0 Å². The van der Waals surface area contributed by atoms with Gasteiger partial charge < -0.3 is 4.74 Å². The largest absolute Gasteiger partial charge is 0.465 e. The van der Waals surface area contributed by atoms with E-state index in [1.54, 1.807) is 0 Å². The zero-order valence-corrected chi connectivity index (χ0v) is 12.9. The summed E-state index contributed by atoms with van der Waals surface area (Å²) in [5.41, 5.74) is -0.276. The molecule has 0 N–H and O–H groups in total. The van der Waals surface area contributed by atoms with E-state index in [0.717, 1.165) is 38.5 Å². The van der Waals surface area contributed by atoms with Crippen molar-refractivity contribution in [1.82, 2.24) is 0 Å². The predicted molar refractivity (Wildman–Crippen MR) is 76.0 cm³/mol. The zero-order chi connectivity index (χ0) is 14.5. The summed E-state index contributed by atoms with van der Waals surface area (Å²) in [7, 11) is 0. The zero-order valence-electron chi connectivity index (χ0n) is 12.9. The van der Waals surface area contributed by atoms with Gasteiger partial charge in [-0.3, -0.25) is 9.59 Å². The molecule has 0 saturated heterocycles. The molecule has 4 bridgehead atoms. The van der Waals surface area contributed by atoms with Gasteiger partial charge in [-0.15, -0.1) is 0 Å². The molecule has 0 heterocycles. The van der Waals surface area contributed by atoms with Crippen molar-refractivity contribution < 1.29 is 14.3 Å². The van der Waals surface area contributed by atoms with Crippen LogP contribution in [0.4, 0.5) is 0 Å². The molecule has 0 spiro atoms. The SMILES string of the molecule is CCC(C)(C)C(=O)OCC12CC3CC(C1)C(=O)C(C3)C2. The number of carbonyl (C=O) groups excluding carboxylic acids is 2. The van der Waals surface area contributed by atoms with E-state index < -0.39 is 5.41 Å². The molecule has 0 aromatic heterocycles. The smallest absolute Gasteiger partial charge is 0.311 e. The molecule has 112 valence electrons. The first-order chi connectivity index (χ1) is 9.35. The molecule has 4 aliphatic carbocycles. The second-order valence-corrected chi connectivity index (χ2v) is 8.06. The summed E-state index contributed by atoms with van der Waals surface area (Å²) in [5.74, 6) is 1.64. The highest BCUT2D eigenvalue weighted by Gasteiger charge is 2.55. The summed E-state index contributed by atoms with van der Waals surface area (Å²) in [6.45, 7) is 6.44. The highest BCUT2D eigenvalue weighted by atomic mass is 16.5. The molecule has 2 atom stereocenters. The number of hydrogen-bond acceptors (Lipinski definition) is 3. The topological polar surface area (TPSA) is 43.4 Å². The molecular weight excluding hydrogens is 252 g/mol. The van der Waals surface area contributed by atoms with Crippen LogP contribution >= 0.6 is 0 Å². The molecule has 3 nitrogen and oxygen atoms in total. The fourth-order valence-corrected chi connectivity index (χ4v) is 4.64. The van der Waals surface area contributed by atoms with Gasteiger partial charge in [0.1, 0.15) is 5.78 Å². The maximum absolute atomic E-state index is 12.2.